The van der Waals surface area contributed by atoms with E-state index in [2.05, 4.69) is 4.74 Å². The Morgan fingerprint density at radius 1 is 1.67 bits per heavy atom. The summed E-state index contributed by atoms with van der Waals surface area (Å²) in [7, 11) is 1.36. The average molecular weight is 170 g/mol. The molecule has 0 unspecified atom stereocenters. The Balaban J connectivity index is 2.57. The first-order valence-corrected chi connectivity index (χ1v) is 4.01. The molecular weight excluding hydrogens is 156 g/mol. The van der Waals surface area contributed by atoms with Gasteiger partial charge in [-0.2, -0.15) is 0 Å². The van der Waals surface area contributed by atoms with E-state index < -0.39 is 0 Å². The molecular formula is C9H14O3. The molecule has 0 amide bonds. The predicted molar refractivity (Wildman–Crippen MR) is 44.5 cm³/mol. The molecule has 1 heterocycles. The van der Waals surface area contributed by atoms with Crippen molar-refractivity contribution in [1.82, 2.24) is 0 Å². The van der Waals surface area contributed by atoms with Gasteiger partial charge in [-0.3, -0.25) is 0 Å². The Morgan fingerprint density at radius 3 is 2.75 bits per heavy atom. The third kappa shape index (κ3) is 2.26. The summed E-state index contributed by atoms with van der Waals surface area (Å²) in [5.74, 6) is 0.384. The molecule has 0 aromatic heterocycles. The van der Waals surface area contributed by atoms with E-state index >= 15 is 0 Å². The first-order chi connectivity index (χ1) is 5.53. The summed E-state index contributed by atoms with van der Waals surface area (Å²) in [6.45, 7) is 4.01. The van der Waals surface area contributed by atoms with E-state index in [0.717, 1.165) is 18.6 Å². The van der Waals surface area contributed by atoms with E-state index in [1.165, 1.54) is 13.2 Å². The fourth-order valence-corrected chi connectivity index (χ4v) is 1.17. The molecule has 1 aliphatic rings. The molecule has 1 aliphatic heterocycles. The summed E-state index contributed by atoms with van der Waals surface area (Å²) in [6.07, 6.45) is 3.19. The van der Waals surface area contributed by atoms with Crippen molar-refractivity contribution in [3.63, 3.8) is 0 Å². The van der Waals surface area contributed by atoms with Gasteiger partial charge in [-0.25, -0.2) is 4.79 Å². The lowest BCUT2D eigenvalue weighted by molar-refractivity contribution is -0.135. The highest BCUT2D eigenvalue weighted by molar-refractivity contribution is 5.82. The second-order valence-electron chi connectivity index (χ2n) is 3.50. The minimum absolute atomic E-state index is 0.125. The molecule has 0 bridgehead atoms. The van der Waals surface area contributed by atoms with E-state index in [0.29, 0.717) is 0 Å². The van der Waals surface area contributed by atoms with Crippen molar-refractivity contribution in [2.75, 3.05) is 7.11 Å². The van der Waals surface area contributed by atoms with Crippen LogP contribution in [-0.4, -0.2) is 18.7 Å². The van der Waals surface area contributed by atoms with Crippen molar-refractivity contribution in [2.24, 2.45) is 0 Å². The zero-order valence-electron chi connectivity index (χ0n) is 7.72. The predicted octanol–water partition coefficient (Wildman–Crippen LogP) is 1.63. The van der Waals surface area contributed by atoms with Crippen LogP contribution in [-0.2, 0) is 14.3 Å². The molecule has 0 spiro atoms. The van der Waals surface area contributed by atoms with Crippen molar-refractivity contribution < 1.29 is 14.3 Å². The van der Waals surface area contributed by atoms with Crippen LogP contribution in [0.1, 0.15) is 26.7 Å². The molecule has 3 nitrogen and oxygen atoms in total. The fourth-order valence-electron chi connectivity index (χ4n) is 1.17. The van der Waals surface area contributed by atoms with Crippen molar-refractivity contribution in [3.05, 3.63) is 11.8 Å². The minimum Gasteiger partial charge on any atom is -0.492 e. The van der Waals surface area contributed by atoms with Gasteiger partial charge >= 0.3 is 5.97 Å². The maximum absolute atomic E-state index is 10.8. The molecule has 0 aromatic rings. The first kappa shape index (κ1) is 9.10. The number of methoxy groups -OCH3 is 1. The van der Waals surface area contributed by atoms with Gasteiger partial charge in [-0.1, -0.05) is 0 Å². The highest BCUT2D eigenvalue weighted by Crippen LogP contribution is 2.31. The van der Waals surface area contributed by atoms with Gasteiger partial charge in [0.15, 0.2) is 0 Å². The Labute approximate surface area is 72.4 Å². The van der Waals surface area contributed by atoms with Crippen LogP contribution < -0.4 is 0 Å². The zero-order valence-corrected chi connectivity index (χ0v) is 7.72. The summed E-state index contributed by atoms with van der Waals surface area (Å²) >= 11 is 0. The Hall–Kier alpha value is -0.990. The maximum Gasteiger partial charge on any atom is 0.333 e. The molecule has 0 N–H and O–H groups in total. The number of hydrogen-bond acceptors (Lipinski definition) is 3. The van der Waals surface area contributed by atoms with Crippen LogP contribution in [0.2, 0.25) is 0 Å². The number of ether oxygens (including phenoxy) is 2. The van der Waals surface area contributed by atoms with E-state index in [-0.39, 0.29) is 11.6 Å². The van der Waals surface area contributed by atoms with E-state index in [1.807, 2.05) is 13.8 Å². The van der Waals surface area contributed by atoms with Gasteiger partial charge in [0.1, 0.15) is 11.4 Å². The lowest BCUT2D eigenvalue weighted by Gasteiger charge is -2.16. The van der Waals surface area contributed by atoms with E-state index in [4.69, 9.17) is 4.74 Å². The lowest BCUT2D eigenvalue weighted by Crippen LogP contribution is -2.15. The lowest BCUT2D eigenvalue weighted by atomic mass is 10.1. The van der Waals surface area contributed by atoms with Crippen molar-refractivity contribution in [2.45, 2.75) is 32.3 Å². The standard InChI is InChI=1S/C9H14O3/c1-9(2)5-4-7(12-9)6-8(10)11-3/h6H,4-5H2,1-3H3/b7-6+. The monoisotopic (exact) mass is 170 g/mol. The SMILES string of the molecule is COC(=O)/C=C1\CCC(C)(C)O1. The second-order valence-corrected chi connectivity index (χ2v) is 3.50. The van der Waals surface area contributed by atoms with E-state index in [1.54, 1.807) is 0 Å². The smallest absolute Gasteiger partial charge is 0.333 e. The molecule has 0 radical (unpaired) electrons. The third-order valence-corrected chi connectivity index (χ3v) is 1.86. The Kier molecular flexibility index (Phi) is 2.40. The van der Waals surface area contributed by atoms with Crippen LogP contribution in [0.15, 0.2) is 11.8 Å². The molecule has 3 heteroatoms. The molecule has 0 aromatic carbocycles. The topological polar surface area (TPSA) is 35.5 Å². The Morgan fingerprint density at radius 2 is 2.33 bits per heavy atom. The van der Waals surface area contributed by atoms with Gasteiger partial charge in [0, 0.05) is 6.42 Å². The second kappa shape index (κ2) is 3.17. The number of allylic oxidation sites excluding steroid dienone is 1. The van der Waals surface area contributed by atoms with Crippen LogP contribution in [0.25, 0.3) is 0 Å². The number of rotatable bonds is 1. The van der Waals surface area contributed by atoms with Gasteiger partial charge in [0.05, 0.1) is 13.2 Å². The quantitative estimate of drug-likeness (QED) is 0.443. The highest BCUT2D eigenvalue weighted by Gasteiger charge is 2.28. The largest absolute Gasteiger partial charge is 0.492 e. The fraction of sp³-hybridized carbons (Fsp3) is 0.667. The molecule has 12 heavy (non-hydrogen) atoms. The summed E-state index contributed by atoms with van der Waals surface area (Å²) in [5, 5.41) is 0. The first-order valence-electron chi connectivity index (χ1n) is 4.01. The van der Waals surface area contributed by atoms with Crippen molar-refractivity contribution >= 4 is 5.97 Å². The molecule has 68 valence electrons. The molecule has 0 saturated carbocycles. The van der Waals surface area contributed by atoms with Gasteiger partial charge in [0.2, 0.25) is 0 Å². The number of carbonyl (C=O) groups excluding carboxylic acids is 1. The van der Waals surface area contributed by atoms with Crippen molar-refractivity contribution in [3.8, 4) is 0 Å². The van der Waals surface area contributed by atoms with E-state index in [9.17, 15) is 4.79 Å². The molecule has 1 fully saturated rings. The number of carbonyl (C=O) groups is 1. The average Bonchev–Trinajstić information content (AvgIpc) is 2.30. The zero-order chi connectivity index (χ0) is 9.19. The maximum atomic E-state index is 10.8. The van der Waals surface area contributed by atoms with Gasteiger partial charge < -0.3 is 9.47 Å². The summed E-state index contributed by atoms with van der Waals surface area (Å²) < 4.78 is 9.97. The summed E-state index contributed by atoms with van der Waals surface area (Å²) in [5.41, 5.74) is -0.125. The minimum atomic E-state index is -0.345. The highest BCUT2D eigenvalue weighted by atomic mass is 16.5. The molecule has 0 aliphatic carbocycles. The summed E-state index contributed by atoms with van der Waals surface area (Å²) in [4.78, 5) is 10.8. The third-order valence-electron chi connectivity index (χ3n) is 1.86. The normalized spacial score (nSPS) is 23.8. The molecule has 0 atom stereocenters. The summed E-state index contributed by atoms with van der Waals surface area (Å²) in [6, 6.07) is 0. The van der Waals surface area contributed by atoms with Crippen LogP contribution in [0.4, 0.5) is 0 Å². The van der Waals surface area contributed by atoms with Crippen LogP contribution in [0.5, 0.6) is 0 Å². The van der Waals surface area contributed by atoms with Gasteiger partial charge in [-0.05, 0) is 20.3 Å². The number of hydrogen-bond donors (Lipinski definition) is 0. The molecule has 1 saturated heterocycles. The van der Waals surface area contributed by atoms with Gasteiger partial charge in [-0.15, -0.1) is 0 Å². The Bertz CT molecular complexity index is 216. The number of esters is 1. The van der Waals surface area contributed by atoms with Crippen molar-refractivity contribution in [1.29, 1.82) is 0 Å². The van der Waals surface area contributed by atoms with Crippen LogP contribution in [0, 0.1) is 0 Å². The molecule has 1 rings (SSSR count). The van der Waals surface area contributed by atoms with Crippen LogP contribution >= 0.6 is 0 Å². The van der Waals surface area contributed by atoms with Gasteiger partial charge in [0.25, 0.3) is 0 Å². The van der Waals surface area contributed by atoms with Crippen LogP contribution in [0.3, 0.4) is 0 Å².